The minimum Gasteiger partial charge on any atom is -0.376 e. The molecule has 4 heteroatoms. The Morgan fingerprint density at radius 3 is 2.78 bits per heavy atom. The van der Waals surface area contributed by atoms with Crippen molar-refractivity contribution in [3.63, 3.8) is 0 Å². The molecule has 1 aliphatic heterocycles. The summed E-state index contributed by atoms with van der Waals surface area (Å²) in [7, 11) is 0. The number of hydrogen-bond donors (Lipinski definition) is 2. The van der Waals surface area contributed by atoms with Crippen LogP contribution in [0, 0.1) is 11.8 Å². The molecule has 2 saturated carbocycles. The van der Waals surface area contributed by atoms with Crippen LogP contribution in [-0.2, 0) is 9.53 Å². The molecule has 1 saturated heterocycles. The van der Waals surface area contributed by atoms with Crippen molar-refractivity contribution < 1.29 is 9.53 Å². The first-order valence-electron chi connectivity index (χ1n) is 7.42. The van der Waals surface area contributed by atoms with Crippen LogP contribution in [0.5, 0.6) is 0 Å². The lowest BCUT2D eigenvalue weighted by Crippen LogP contribution is -2.72. The van der Waals surface area contributed by atoms with E-state index >= 15 is 0 Å². The monoisotopic (exact) mass is 252 g/mol. The number of nitrogens with two attached hydrogens (primary N) is 1. The maximum Gasteiger partial charge on any atom is 0.220 e. The van der Waals surface area contributed by atoms with Crippen molar-refractivity contribution in [3.05, 3.63) is 0 Å². The predicted octanol–water partition coefficient (Wildman–Crippen LogP) is 1.19. The topological polar surface area (TPSA) is 64.3 Å². The fourth-order valence-corrected chi connectivity index (χ4v) is 3.85. The number of ether oxygens (including phenoxy) is 1. The summed E-state index contributed by atoms with van der Waals surface area (Å²) in [6.45, 7) is 0.822. The first-order chi connectivity index (χ1) is 8.75. The molecule has 4 unspecified atom stereocenters. The number of carbonyl (C=O) groups is 1. The van der Waals surface area contributed by atoms with Crippen LogP contribution in [-0.4, -0.2) is 30.7 Å². The normalized spacial score (nSPS) is 40.1. The number of fused-ring (bicyclic) bond motifs is 1. The maximum absolute atomic E-state index is 12.0. The zero-order valence-electron chi connectivity index (χ0n) is 10.9. The summed E-state index contributed by atoms with van der Waals surface area (Å²) in [5, 5.41) is 3.10. The van der Waals surface area contributed by atoms with Gasteiger partial charge < -0.3 is 15.8 Å². The summed E-state index contributed by atoms with van der Waals surface area (Å²) in [5.74, 6) is 1.25. The van der Waals surface area contributed by atoms with Crippen molar-refractivity contribution in [1.82, 2.24) is 5.32 Å². The van der Waals surface area contributed by atoms with Gasteiger partial charge in [-0.15, -0.1) is 0 Å². The zero-order chi connectivity index (χ0) is 12.5. The third-order valence-corrected chi connectivity index (χ3v) is 4.95. The van der Waals surface area contributed by atoms with E-state index in [2.05, 4.69) is 5.32 Å². The van der Waals surface area contributed by atoms with Crippen LogP contribution in [0.15, 0.2) is 0 Å². The number of rotatable bonds is 3. The second-order valence-electron chi connectivity index (χ2n) is 6.17. The molecule has 4 atom stereocenters. The quantitative estimate of drug-likeness (QED) is 0.793. The van der Waals surface area contributed by atoms with Crippen molar-refractivity contribution >= 4 is 5.91 Å². The molecule has 2 aliphatic carbocycles. The van der Waals surface area contributed by atoms with Crippen molar-refractivity contribution in [3.8, 4) is 0 Å². The van der Waals surface area contributed by atoms with Crippen LogP contribution in [0.4, 0.5) is 0 Å². The molecule has 0 aromatic heterocycles. The highest BCUT2D eigenvalue weighted by molar-refractivity contribution is 5.77. The first-order valence-corrected chi connectivity index (χ1v) is 7.42. The lowest BCUT2D eigenvalue weighted by atomic mass is 9.68. The predicted molar refractivity (Wildman–Crippen MR) is 68.9 cm³/mol. The van der Waals surface area contributed by atoms with E-state index in [1.54, 1.807) is 0 Å². The largest absolute Gasteiger partial charge is 0.376 e. The van der Waals surface area contributed by atoms with Gasteiger partial charge in [0.2, 0.25) is 5.91 Å². The summed E-state index contributed by atoms with van der Waals surface area (Å²) in [6.07, 6.45) is 8.13. The molecule has 1 amide bonds. The van der Waals surface area contributed by atoms with Crippen LogP contribution in [0.3, 0.4) is 0 Å². The Balaban J connectivity index is 1.48. The number of carbonyl (C=O) groups excluding carboxylic acids is 1. The smallest absolute Gasteiger partial charge is 0.220 e. The standard InChI is InChI=1S/C14H24N2O2/c15-12-10-6-3-7-18-14(10)13(12)16-11(17)8-9-4-1-2-5-9/h9-10,12-14H,1-8,15H2,(H,16,17). The van der Waals surface area contributed by atoms with E-state index in [0.29, 0.717) is 18.3 Å². The van der Waals surface area contributed by atoms with Crippen molar-refractivity contribution in [1.29, 1.82) is 0 Å². The van der Waals surface area contributed by atoms with Gasteiger partial charge in [-0.2, -0.15) is 0 Å². The Bertz CT molecular complexity index is 315. The third-order valence-electron chi connectivity index (χ3n) is 4.95. The molecule has 0 spiro atoms. The Morgan fingerprint density at radius 2 is 2.00 bits per heavy atom. The molecule has 3 aliphatic rings. The van der Waals surface area contributed by atoms with E-state index in [1.807, 2.05) is 0 Å². The van der Waals surface area contributed by atoms with E-state index in [9.17, 15) is 4.79 Å². The van der Waals surface area contributed by atoms with Crippen molar-refractivity contribution in [2.45, 2.75) is 63.1 Å². The molecular formula is C14H24N2O2. The molecule has 1 heterocycles. The molecule has 3 fully saturated rings. The molecule has 0 aromatic carbocycles. The summed E-state index contributed by atoms with van der Waals surface area (Å²) in [4.78, 5) is 12.0. The lowest BCUT2D eigenvalue weighted by Gasteiger charge is -2.52. The van der Waals surface area contributed by atoms with Crippen LogP contribution < -0.4 is 11.1 Å². The van der Waals surface area contributed by atoms with Gasteiger partial charge in [0.1, 0.15) is 0 Å². The second-order valence-corrected chi connectivity index (χ2v) is 6.17. The highest BCUT2D eigenvalue weighted by Gasteiger charge is 2.51. The Kier molecular flexibility index (Phi) is 3.57. The Hall–Kier alpha value is -0.610. The molecule has 0 aromatic rings. The van der Waals surface area contributed by atoms with Crippen LogP contribution >= 0.6 is 0 Å². The number of hydrogen-bond acceptors (Lipinski definition) is 3. The Morgan fingerprint density at radius 1 is 1.22 bits per heavy atom. The molecule has 3 N–H and O–H groups in total. The van der Waals surface area contributed by atoms with Gasteiger partial charge in [-0.05, 0) is 31.6 Å². The van der Waals surface area contributed by atoms with Gasteiger partial charge >= 0.3 is 0 Å². The zero-order valence-corrected chi connectivity index (χ0v) is 10.9. The fourth-order valence-electron chi connectivity index (χ4n) is 3.85. The fraction of sp³-hybridized carbons (Fsp3) is 0.929. The molecule has 4 nitrogen and oxygen atoms in total. The minimum atomic E-state index is 0.0594. The van der Waals surface area contributed by atoms with Gasteiger partial charge in [-0.25, -0.2) is 0 Å². The second kappa shape index (κ2) is 5.17. The number of amides is 1. The first kappa shape index (κ1) is 12.4. The van der Waals surface area contributed by atoms with Crippen LogP contribution in [0.1, 0.15) is 44.9 Å². The highest BCUT2D eigenvalue weighted by atomic mass is 16.5. The van der Waals surface area contributed by atoms with E-state index in [0.717, 1.165) is 19.4 Å². The van der Waals surface area contributed by atoms with E-state index in [4.69, 9.17) is 10.5 Å². The molecule has 102 valence electrons. The van der Waals surface area contributed by atoms with Gasteiger partial charge in [0.25, 0.3) is 0 Å². The summed E-state index contributed by atoms with van der Waals surface area (Å²) in [5.41, 5.74) is 6.14. The SMILES string of the molecule is NC1C2CCCOC2C1NC(=O)CC1CCCC1. The van der Waals surface area contributed by atoms with E-state index < -0.39 is 0 Å². The number of nitrogens with one attached hydrogen (secondary N) is 1. The third kappa shape index (κ3) is 2.28. The summed E-state index contributed by atoms with van der Waals surface area (Å²) >= 11 is 0. The van der Waals surface area contributed by atoms with Gasteiger partial charge in [0.15, 0.2) is 0 Å². The van der Waals surface area contributed by atoms with Crippen LogP contribution in [0.2, 0.25) is 0 Å². The van der Waals surface area contributed by atoms with E-state index in [1.165, 1.54) is 25.7 Å². The highest BCUT2D eigenvalue weighted by Crippen LogP contribution is 2.37. The Labute approximate surface area is 109 Å². The molecule has 0 bridgehead atoms. The lowest BCUT2D eigenvalue weighted by molar-refractivity contribution is -0.139. The van der Waals surface area contributed by atoms with Crippen LogP contribution in [0.25, 0.3) is 0 Å². The van der Waals surface area contributed by atoms with E-state index in [-0.39, 0.29) is 24.1 Å². The van der Waals surface area contributed by atoms with Crippen molar-refractivity contribution in [2.75, 3.05) is 6.61 Å². The van der Waals surface area contributed by atoms with Gasteiger partial charge in [-0.3, -0.25) is 4.79 Å². The maximum atomic E-state index is 12.0. The summed E-state index contributed by atoms with van der Waals surface area (Å²) < 4.78 is 5.74. The molecular weight excluding hydrogens is 228 g/mol. The molecule has 18 heavy (non-hydrogen) atoms. The molecule has 0 radical (unpaired) electrons. The van der Waals surface area contributed by atoms with Crippen molar-refractivity contribution in [2.24, 2.45) is 17.6 Å². The molecule has 3 rings (SSSR count). The van der Waals surface area contributed by atoms with Gasteiger partial charge in [0.05, 0.1) is 12.1 Å². The average Bonchev–Trinajstić information content (AvgIpc) is 2.88. The average molecular weight is 252 g/mol. The summed E-state index contributed by atoms with van der Waals surface area (Å²) in [6, 6.07) is 0.159. The van der Waals surface area contributed by atoms with Gasteiger partial charge in [-0.1, -0.05) is 12.8 Å². The van der Waals surface area contributed by atoms with Gasteiger partial charge in [0, 0.05) is 25.0 Å². The minimum absolute atomic E-state index is 0.0594.